The molecular weight excluding hydrogens is 300 g/mol. The number of benzene rings is 1. The zero-order valence-electron chi connectivity index (χ0n) is 11.6. The predicted octanol–water partition coefficient (Wildman–Crippen LogP) is 1.11. The number of carboxylic acid groups (broad SMARTS) is 1. The minimum absolute atomic E-state index is 0.224. The van der Waals surface area contributed by atoms with Gasteiger partial charge in [0.15, 0.2) is 17.7 Å². The maximum Gasteiger partial charge on any atom is 0.331 e. The van der Waals surface area contributed by atoms with Crippen LogP contribution in [0.4, 0.5) is 8.78 Å². The van der Waals surface area contributed by atoms with E-state index < -0.39 is 47.0 Å². The van der Waals surface area contributed by atoms with Crippen molar-refractivity contribution < 1.29 is 33.0 Å². The van der Waals surface area contributed by atoms with Gasteiger partial charge in [0.25, 0.3) is 0 Å². The molecule has 1 aromatic rings. The second-order valence-corrected chi connectivity index (χ2v) is 4.85. The average molecular weight is 313 g/mol. The monoisotopic (exact) mass is 313 g/mol. The van der Waals surface area contributed by atoms with Crippen LogP contribution in [0.2, 0.25) is 0 Å². The number of carbonyl (C=O) groups excluding carboxylic acids is 2. The fourth-order valence-electron chi connectivity index (χ4n) is 2.47. The van der Waals surface area contributed by atoms with Crippen LogP contribution in [0.15, 0.2) is 18.2 Å². The summed E-state index contributed by atoms with van der Waals surface area (Å²) in [6, 6.07) is 1.40. The first-order valence-corrected chi connectivity index (χ1v) is 6.40. The molecule has 0 spiro atoms. The van der Waals surface area contributed by atoms with Crippen molar-refractivity contribution in [2.45, 2.75) is 12.5 Å². The van der Waals surface area contributed by atoms with Crippen molar-refractivity contribution in [3.8, 4) is 0 Å². The lowest BCUT2D eigenvalue weighted by molar-refractivity contribution is -0.149. The van der Waals surface area contributed by atoms with Crippen molar-refractivity contribution in [2.75, 3.05) is 13.7 Å². The molecule has 8 heteroatoms. The molecule has 1 fully saturated rings. The number of rotatable bonds is 4. The first-order chi connectivity index (χ1) is 10.4. The Labute approximate surface area is 124 Å². The Hall–Kier alpha value is -2.51. The Morgan fingerprint density at radius 1 is 1.41 bits per heavy atom. The van der Waals surface area contributed by atoms with E-state index in [1.807, 2.05) is 0 Å². The maximum absolute atomic E-state index is 13.8. The summed E-state index contributed by atoms with van der Waals surface area (Å²) in [4.78, 5) is 35.7. The molecule has 6 nitrogen and oxygen atoms in total. The number of nitrogens with zero attached hydrogens (tertiary/aromatic N) is 1. The summed E-state index contributed by atoms with van der Waals surface area (Å²) in [5.74, 6) is -6.16. The van der Waals surface area contributed by atoms with E-state index in [1.165, 1.54) is 0 Å². The summed E-state index contributed by atoms with van der Waals surface area (Å²) in [6.45, 7) is -0.224. The van der Waals surface area contributed by atoms with Gasteiger partial charge in [-0.2, -0.15) is 0 Å². The molecule has 2 rings (SSSR count). The van der Waals surface area contributed by atoms with Crippen molar-refractivity contribution in [2.24, 2.45) is 5.92 Å². The highest BCUT2D eigenvalue weighted by atomic mass is 19.2. The van der Waals surface area contributed by atoms with Crippen LogP contribution in [0, 0.1) is 17.6 Å². The Morgan fingerprint density at radius 3 is 2.68 bits per heavy atom. The molecule has 0 bridgehead atoms. The molecule has 1 saturated heterocycles. The molecule has 1 aliphatic rings. The fraction of sp³-hybridized carbons (Fsp3) is 0.357. The van der Waals surface area contributed by atoms with Gasteiger partial charge in [-0.1, -0.05) is 12.1 Å². The molecular formula is C14H13F2NO5. The fourth-order valence-corrected chi connectivity index (χ4v) is 2.47. The maximum atomic E-state index is 13.8. The number of ether oxygens (including phenoxy) is 1. The molecule has 1 amide bonds. The number of likely N-dealkylation sites (tertiary alicyclic amines) is 1. The summed E-state index contributed by atoms with van der Waals surface area (Å²) < 4.78 is 31.7. The molecule has 0 aromatic heterocycles. The summed E-state index contributed by atoms with van der Waals surface area (Å²) in [6.07, 6.45) is -0.229. The summed E-state index contributed by atoms with van der Waals surface area (Å²) in [5.41, 5.74) is -0.466. The normalized spacial score (nSPS) is 19.1. The van der Waals surface area contributed by atoms with Crippen LogP contribution in [0.5, 0.6) is 0 Å². The standard InChI is InChI=1S/C14H13F2NO5/c1-22-14(21)7-5-10(18)17(6-7)12(13(19)20)8-3-2-4-9(15)11(8)16/h2-4,7,12H,5-6H2,1H3,(H,19,20). The molecule has 1 heterocycles. The van der Waals surface area contributed by atoms with Gasteiger partial charge in [-0.25, -0.2) is 13.6 Å². The van der Waals surface area contributed by atoms with Gasteiger partial charge in [-0.3, -0.25) is 9.59 Å². The van der Waals surface area contributed by atoms with Gasteiger partial charge in [-0.15, -0.1) is 0 Å². The number of hydrogen-bond donors (Lipinski definition) is 1. The third-order valence-corrected chi connectivity index (χ3v) is 3.51. The third-order valence-electron chi connectivity index (χ3n) is 3.51. The largest absolute Gasteiger partial charge is 0.479 e. The Balaban J connectivity index is 2.37. The zero-order valence-corrected chi connectivity index (χ0v) is 11.6. The number of aliphatic carboxylic acids is 1. The van der Waals surface area contributed by atoms with Gasteiger partial charge in [0.2, 0.25) is 5.91 Å². The van der Waals surface area contributed by atoms with Crippen LogP contribution in [0.1, 0.15) is 18.0 Å². The lowest BCUT2D eigenvalue weighted by atomic mass is 10.0. The number of carboxylic acids is 1. The molecule has 2 atom stereocenters. The van der Waals surface area contributed by atoms with Crippen molar-refractivity contribution in [1.82, 2.24) is 4.90 Å². The van der Waals surface area contributed by atoms with E-state index >= 15 is 0 Å². The smallest absolute Gasteiger partial charge is 0.331 e. The number of hydrogen-bond acceptors (Lipinski definition) is 4. The van der Waals surface area contributed by atoms with Crippen LogP contribution in [0.25, 0.3) is 0 Å². The van der Waals surface area contributed by atoms with Gasteiger partial charge < -0.3 is 14.7 Å². The topological polar surface area (TPSA) is 83.9 Å². The summed E-state index contributed by atoms with van der Waals surface area (Å²) >= 11 is 0. The highest BCUT2D eigenvalue weighted by molar-refractivity contribution is 5.90. The SMILES string of the molecule is COC(=O)C1CC(=O)N(C(C(=O)O)c2cccc(F)c2F)C1. The van der Waals surface area contributed by atoms with Gasteiger partial charge in [0.1, 0.15) is 0 Å². The first-order valence-electron chi connectivity index (χ1n) is 6.40. The third kappa shape index (κ3) is 2.76. The van der Waals surface area contributed by atoms with E-state index in [0.29, 0.717) is 0 Å². The molecule has 2 unspecified atom stereocenters. The number of halogens is 2. The molecule has 1 aliphatic heterocycles. The van der Waals surface area contributed by atoms with Crippen LogP contribution in [-0.4, -0.2) is 41.5 Å². The van der Waals surface area contributed by atoms with Crippen LogP contribution < -0.4 is 0 Å². The van der Waals surface area contributed by atoms with E-state index in [4.69, 9.17) is 0 Å². The number of carbonyl (C=O) groups is 3. The van der Waals surface area contributed by atoms with E-state index in [2.05, 4.69) is 4.74 Å². The molecule has 0 aliphatic carbocycles. The molecule has 1 aromatic carbocycles. The van der Waals surface area contributed by atoms with Crippen molar-refractivity contribution >= 4 is 17.8 Å². The van der Waals surface area contributed by atoms with Gasteiger partial charge in [0, 0.05) is 18.5 Å². The van der Waals surface area contributed by atoms with Crippen LogP contribution >= 0.6 is 0 Å². The summed E-state index contributed by atoms with van der Waals surface area (Å²) in [7, 11) is 1.15. The highest BCUT2D eigenvalue weighted by Crippen LogP contribution is 2.31. The van der Waals surface area contributed by atoms with Gasteiger partial charge >= 0.3 is 11.9 Å². The lowest BCUT2D eigenvalue weighted by Crippen LogP contribution is -2.36. The predicted molar refractivity (Wildman–Crippen MR) is 68.6 cm³/mol. The van der Waals surface area contributed by atoms with Gasteiger partial charge in [0.05, 0.1) is 13.0 Å². The Morgan fingerprint density at radius 2 is 2.09 bits per heavy atom. The highest BCUT2D eigenvalue weighted by Gasteiger charge is 2.42. The van der Waals surface area contributed by atoms with E-state index in [-0.39, 0.29) is 13.0 Å². The molecule has 22 heavy (non-hydrogen) atoms. The Bertz CT molecular complexity index is 634. The minimum Gasteiger partial charge on any atom is -0.479 e. The average Bonchev–Trinajstić information content (AvgIpc) is 2.84. The quantitative estimate of drug-likeness (QED) is 0.842. The van der Waals surface area contributed by atoms with Crippen molar-refractivity contribution in [1.29, 1.82) is 0 Å². The first kappa shape index (κ1) is 15.9. The summed E-state index contributed by atoms with van der Waals surface area (Å²) in [5, 5.41) is 9.30. The molecule has 1 N–H and O–H groups in total. The van der Waals surface area contributed by atoms with Crippen LogP contribution in [0.3, 0.4) is 0 Å². The lowest BCUT2D eigenvalue weighted by Gasteiger charge is -2.25. The number of amides is 1. The van der Waals surface area contributed by atoms with E-state index in [1.54, 1.807) is 0 Å². The molecule has 0 radical (unpaired) electrons. The van der Waals surface area contributed by atoms with Crippen molar-refractivity contribution in [3.63, 3.8) is 0 Å². The van der Waals surface area contributed by atoms with E-state index in [9.17, 15) is 28.3 Å². The molecule has 118 valence electrons. The van der Waals surface area contributed by atoms with Gasteiger partial charge in [-0.05, 0) is 6.07 Å². The zero-order chi connectivity index (χ0) is 16.4. The number of methoxy groups -OCH3 is 1. The Kier molecular flexibility index (Phi) is 4.39. The minimum atomic E-state index is -1.70. The second-order valence-electron chi connectivity index (χ2n) is 4.85. The van der Waals surface area contributed by atoms with Crippen LogP contribution in [-0.2, 0) is 19.1 Å². The number of esters is 1. The van der Waals surface area contributed by atoms with E-state index in [0.717, 1.165) is 30.2 Å². The molecule has 0 saturated carbocycles. The van der Waals surface area contributed by atoms with Crippen molar-refractivity contribution in [3.05, 3.63) is 35.4 Å². The second kappa shape index (κ2) is 6.08.